The summed E-state index contributed by atoms with van der Waals surface area (Å²) in [4.78, 5) is 2.68. The van der Waals surface area contributed by atoms with E-state index in [-0.39, 0.29) is 0 Å². The quantitative estimate of drug-likeness (QED) is 0.749. The SMILES string of the molecule is CCC(CC)N(C)C1CC(C(C)(C)CC)CCC1NC. The highest BCUT2D eigenvalue weighted by Gasteiger charge is 2.39. The van der Waals surface area contributed by atoms with Crippen LogP contribution in [0.25, 0.3) is 0 Å². The first-order valence-corrected chi connectivity index (χ1v) is 8.80. The topological polar surface area (TPSA) is 15.3 Å². The molecule has 0 saturated heterocycles. The first kappa shape index (κ1) is 18.0. The summed E-state index contributed by atoms with van der Waals surface area (Å²) in [7, 11) is 4.50. The lowest BCUT2D eigenvalue weighted by Crippen LogP contribution is -2.55. The first-order chi connectivity index (χ1) is 9.41. The lowest BCUT2D eigenvalue weighted by atomic mass is 9.67. The zero-order valence-electron chi connectivity index (χ0n) is 15.0. The Kier molecular flexibility index (Phi) is 7.00. The van der Waals surface area contributed by atoms with Crippen LogP contribution in [0, 0.1) is 11.3 Å². The second-order valence-corrected chi connectivity index (χ2v) is 7.45. The van der Waals surface area contributed by atoms with E-state index < -0.39 is 0 Å². The number of likely N-dealkylation sites (N-methyl/N-ethyl adjacent to an activating group) is 2. The van der Waals surface area contributed by atoms with Gasteiger partial charge in [0.2, 0.25) is 0 Å². The highest BCUT2D eigenvalue weighted by Crippen LogP contribution is 2.42. The van der Waals surface area contributed by atoms with Crippen molar-refractivity contribution in [2.75, 3.05) is 14.1 Å². The minimum Gasteiger partial charge on any atom is -0.315 e. The van der Waals surface area contributed by atoms with Crippen molar-refractivity contribution in [1.82, 2.24) is 10.2 Å². The van der Waals surface area contributed by atoms with Crippen LogP contribution in [0.1, 0.15) is 73.1 Å². The van der Waals surface area contributed by atoms with E-state index in [1.165, 1.54) is 38.5 Å². The summed E-state index contributed by atoms with van der Waals surface area (Å²) >= 11 is 0. The van der Waals surface area contributed by atoms with Crippen molar-refractivity contribution >= 4 is 0 Å². The second kappa shape index (κ2) is 7.79. The molecule has 2 nitrogen and oxygen atoms in total. The Balaban J connectivity index is 2.83. The van der Waals surface area contributed by atoms with Crippen molar-refractivity contribution in [3.05, 3.63) is 0 Å². The molecule has 2 heteroatoms. The maximum Gasteiger partial charge on any atom is 0.0251 e. The average molecular weight is 283 g/mol. The van der Waals surface area contributed by atoms with Crippen molar-refractivity contribution in [2.24, 2.45) is 11.3 Å². The van der Waals surface area contributed by atoms with Gasteiger partial charge in [0.15, 0.2) is 0 Å². The van der Waals surface area contributed by atoms with Crippen molar-refractivity contribution < 1.29 is 0 Å². The van der Waals surface area contributed by atoms with E-state index in [0.717, 1.165) is 12.0 Å². The third kappa shape index (κ3) is 3.98. The Morgan fingerprint density at radius 1 is 1.15 bits per heavy atom. The summed E-state index contributed by atoms with van der Waals surface area (Å²) in [6.07, 6.45) is 7.91. The molecular weight excluding hydrogens is 244 g/mol. The van der Waals surface area contributed by atoms with Gasteiger partial charge in [-0.05, 0) is 57.5 Å². The summed E-state index contributed by atoms with van der Waals surface area (Å²) in [6, 6.07) is 2.11. The van der Waals surface area contributed by atoms with Crippen LogP contribution in [-0.2, 0) is 0 Å². The Morgan fingerprint density at radius 3 is 2.20 bits per heavy atom. The van der Waals surface area contributed by atoms with E-state index in [1.54, 1.807) is 0 Å². The predicted octanol–water partition coefficient (Wildman–Crippen LogP) is 4.30. The van der Waals surface area contributed by atoms with Gasteiger partial charge in [0.05, 0.1) is 0 Å². The Hall–Kier alpha value is -0.0800. The van der Waals surface area contributed by atoms with Crippen molar-refractivity contribution in [1.29, 1.82) is 0 Å². The minimum absolute atomic E-state index is 0.492. The molecule has 0 heterocycles. The van der Waals surface area contributed by atoms with Crippen molar-refractivity contribution in [2.45, 2.75) is 91.3 Å². The van der Waals surface area contributed by atoms with Crippen molar-refractivity contribution in [3.63, 3.8) is 0 Å². The lowest BCUT2D eigenvalue weighted by Gasteiger charge is -2.48. The molecule has 0 spiro atoms. The monoisotopic (exact) mass is 282 g/mol. The summed E-state index contributed by atoms with van der Waals surface area (Å²) in [5.41, 5.74) is 0.492. The van der Waals surface area contributed by atoms with Crippen LogP contribution >= 0.6 is 0 Å². The molecule has 0 amide bonds. The van der Waals surface area contributed by atoms with Crippen LogP contribution in [0.15, 0.2) is 0 Å². The maximum atomic E-state index is 3.59. The zero-order valence-corrected chi connectivity index (χ0v) is 15.0. The predicted molar refractivity (Wildman–Crippen MR) is 90.2 cm³/mol. The van der Waals surface area contributed by atoms with E-state index in [2.05, 4.69) is 58.9 Å². The van der Waals surface area contributed by atoms with Gasteiger partial charge in [0.25, 0.3) is 0 Å². The van der Waals surface area contributed by atoms with Crippen LogP contribution in [0.3, 0.4) is 0 Å². The molecule has 1 rings (SSSR count). The highest BCUT2D eigenvalue weighted by atomic mass is 15.2. The van der Waals surface area contributed by atoms with Crippen LogP contribution in [0.2, 0.25) is 0 Å². The standard InChI is InChI=1S/C18H38N2/c1-8-15(9-2)20(7)17-13-14(18(4,5)10-3)11-12-16(17)19-6/h14-17,19H,8-13H2,1-7H3. The average Bonchev–Trinajstić information content (AvgIpc) is 2.47. The molecule has 120 valence electrons. The summed E-state index contributed by atoms with van der Waals surface area (Å²) < 4.78 is 0. The van der Waals surface area contributed by atoms with Gasteiger partial charge in [-0.3, -0.25) is 4.90 Å². The third-order valence-electron chi connectivity index (χ3n) is 6.25. The molecule has 3 unspecified atom stereocenters. The molecule has 0 aromatic heterocycles. The van der Waals surface area contributed by atoms with Gasteiger partial charge in [-0.15, -0.1) is 0 Å². The molecule has 1 N–H and O–H groups in total. The second-order valence-electron chi connectivity index (χ2n) is 7.45. The Morgan fingerprint density at radius 2 is 1.75 bits per heavy atom. The molecule has 3 atom stereocenters. The number of rotatable bonds is 7. The number of hydrogen-bond acceptors (Lipinski definition) is 2. The van der Waals surface area contributed by atoms with Crippen LogP contribution in [0.4, 0.5) is 0 Å². The largest absolute Gasteiger partial charge is 0.315 e. The number of nitrogens with one attached hydrogen (secondary N) is 1. The summed E-state index contributed by atoms with van der Waals surface area (Å²) in [6.45, 7) is 11.9. The molecule has 0 bridgehead atoms. The first-order valence-electron chi connectivity index (χ1n) is 8.80. The van der Waals surface area contributed by atoms with Gasteiger partial charge in [0, 0.05) is 18.1 Å². The fourth-order valence-corrected chi connectivity index (χ4v) is 4.07. The van der Waals surface area contributed by atoms with Gasteiger partial charge >= 0.3 is 0 Å². The van der Waals surface area contributed by atoms with Gasteiger partial charge in [0.1, 0.15) is 0 Å². The lowest BCUT2D eigenvalue weighted by molar-refractivity contribution is 0.0420. The van der Waals surface area contributed by atoms with E-state index in [1.807, 2.05) is 0 Å². The van der Waals surface area contributed by atoms with Gasteiger partial charge < -0.3 is 5.32 Å². The molecule has 1 aliphatic rings. The van der Waals surface area contributed by atoms with E-state index >= 15 is 0 Å². The minimum atomic E-state index is 0.492. The molecule has 1 saturated carbocycles. The number of hydrogen-bond donors (Lipinski definition) is 1. The molecule has 1 aliphatic carbocycles. The normalized spacial score (nSPS) is 28.4. The van der Waals surface area contributed by atoms with Crippen molar-refractivity contribution in [3.8, 4) is 0 Å². The van der Waals surface area contributed by atoms with Crippen LogP contribution in [0.5, 0.6) is 0 Å². The summed E-state index contributed by atoms with van der Waals surface area (Å²) in [5, 5.41) is 3.59. The molecule has 1 fully saturated rings. The smallest absolute Gasteiger partial charge is 0.0251 e. The molecule has 0 aromatic carbocycles. The van der Waals surface area contributed by atoms with Gasteiger partial charge in [-0.1, -0.05) is 41.0 Å². The van der Waals surface area contributed by atoms with Gasteiger partial charge in [-0.25, -0.2) is 0 Å². The van der Waals surface area contributed by atoms with Crippen LogP contribution < -0.4 is 5.32 Å². The zero-order chi connectivity index (χ0) is 15.3. The third-order valence-corrected chi connectivity index (χ3v) is 6.25. The van der Waals surface area contributed by atoms with Gasteiger partial charge in [-0.2, -0.15) is 0 Å². The molecule has 0 aliphatic heterocycles. The molecular formula is C18H38N2. The molecule has 0 radical (unpaired) electrons. The van der Waals surface area contributed by atoms with E-state index in [9.17, 15) is 0 Å². The maximum absolute atomic E-state index is 3.59. The Bertz CT molecular complexity index is 271. The van der Waals surface area contributed by atoms with E-state index in [0.29, 0.717) is 17.5 Å². The number of nitrogens with zero attached hydrogens (tertiary/aromatic N) is 1. The highest BCUT2D eigenvalue weighted by molar-refractivity contribution is 4.95. The Labute approximate surface area is 127 Å². The van der Waals surface area contributed by atoms with E-state index in [4.69, 9.17) is 0 Å². The van der Waals surface area contributed by atoms with Crippen LogP contribution in [-0.4, -0.2) is 37.1 Å². The molecule has 0 aromatic rings. The summed E-state index contributed by atoms with van der Waals surface area (Å²) in [5.74, 6) is 0.874. The molecule has 20 heavy (non-hydrogen) atoms. The fraction of sp³-hybridized carbons (Fsp3) is 1.00. The fourth-order valence-electron chi connectivity index (χ4n) is 4.07.